The molecule has 1 fully saturated rings. The van der Waals surface area contributed by atoms with Crippen molar-refractivity contribution in [3.8, 4) is 11.3 Å². The number of imidazole rings is 1. The molecule has 0 N–H and O–H groups in total. The monoisotopic (exact) mass is 373 g/mol. The maximum atomic E-state index is 12.7. The van der Waals surface area contributed by atoms with Gasteiger partial charge in [0.1, 0.15) is 5.65 Å². The average Bonchev–Trinajstić information content (AvgIpc) is 3.04. The smallest absolute Gasteiger partial charge is 0.246 e. The first-order valence-corrected chi connectivity index (χ1v) is 10.0. The number of likely N-dealkylation sites (tertiary alicyclic amines) is 1. The zero-order chi connectivity index (χ0) is 19.7. The summed E-state index contributed by atoms with van der Waals surface area (Å²) in [4.78, 5) is 19.5. The van der Waals surface area contributed by atoms with Crippen LogP contribution in [0, 0.1) is 19.8 Å². The number of carbonyl (C=O) groups is 1. The lowest BCUT2D eigenvalue weighted by Gasteiger charge is -2.29. The van der Waals surface area contributed by atoms with Crippen LogP contribution in [0.4, 0.5) is 0 Å². The number of benzene rings is 1. The molecule has 1 amide bonds. The van der Waals surface area contributed by atoms with Crippen molar-refractivity contribution >= 4 is 17.6 Å². The molecule has 0 aliphatic carbocycles. The van der Waals surface area contributed by atoms with Gasteiger partial charge in [0.25, 0.3) is 0 Å². The maximum absolute atomic E-state index is 12.7. The third-order valence-corrected chi connectivity index (χ3v) is 5.62. The van der Waals surface area contributed by atoms with Crippen LogP contribution in [0.25, 0.3) is 23.0 Å². The van der Waals surface area contributed by atoms with Gasteiger partial charge >= 0.3 is 0 Å². The number of rotatable bonds is 3. The topological polar surface area (TPSA) is 37.6 Å². The minimum atomic E-state index is 0.0869. The summed E-state index contributed by atoms with van der Waals surface area (Å²) >= 11 is 0. The van der Waals surface area contributed by atoms with Crippen LogP contribution in [-0.2, 0) is 4.79 Å². The number of hydrogen-bond donors (Lipinski definition) is 0. The molecular weight excluding hydrogens is 346 g/mol. The van der Waals surface area contributed by atoms with Crippen LogP contribution >= 0.6 is 0 Å². The molecule has 0 unspecified atom stereocenters. The molecule has 3 aromatic rings. The van der Waals surface area contributed by atoms with E-state index < -0.39 is 0 Å². The molecule has 1 saturated heterocycles. The Balaban J connectivity index is 1.71. The molecule has 4 rings (SSSR count). The largest absolute Gasteiger partial charge is 0.339 e. The highest BCUT2D eigenvalue weighted by atomic mass is 16.2. The molecule has 4 heteroatoms. The second-order valence-electron chi connectivity index (χ2n) is 7.99. The summed E-state index contributed by atoms with van der Waals surface area (Å²) in [6, 6.07) is 12.5. The quantitative estimate of drug-likeness (QED) is 0.613. The lowest BCUT2D eigenvalue weighted by atomic mass is 9.99. The van der Waals surface area contributed by atoms with Crippen LogP contribution in [0.2, 0.25) is 0 Å². The fraction of sp³-hybridized carbons (Fsp3) is 0.333. The Kier molecular flexibility index (Phi) is 5.03. The van der Waals surface area contributed by atoms with E-state index in [-0.39, 0.29) is 5.91 Å². The first-order valence-electron chi connectivity index (χ1n) is 10.0. The van der Waals surface area contributed by atoms with E-state index in [1.165, 1.54) is 11.1 Å². The van der Waals surface area contributed by atoms with Gasteiger partial charge in [-0.15, -0.1) is 0 Å². The highest BCUT2D eigenvalue weighted by Gasteiger charge is 2.19. The van der Waals surface area contributed by atoms with Crippen LogP contribution < -0.4 is 0 Å². The first kappa shape index (κ1) is 18.5. The summed E-state index contributed by atoms with van der Waals surface area (Å²) in [6.45, 7) is 8.10. The second-order valence-corrected chi connectivity index (χ2v) is 7.99. The number of hydrogen-bond acceptors (Lipinski definition) is 2. The van der Waals surface area contributed by atoms with E-state index in [1.54, 1.807) is 6.08 Å². The van der Waals surface area contributed by atoms with Gasteiger partial charge in [0, 0.05) is 30.9 Å². The number of nitrogens with zero attached hydrogens (tertiary/aromatic N) is 3. The summed E-state index contributed by atoms with van der Waals surface area (Å²) in [5.74, 6) is 0.798. The average molecular weight is 374 g/mol. The predicted octanol–water partition coefficient (Wildman–Crippen LogP) is 4.89. The van der Waals surface area contributed by atoms with Crippen LogP contribution in [0.1, 0.15) is 36.6 Å². The molecule has 1 aliphatic rings. The van der Waals surface area contributed by atoms with Gasteiger partial charge < -0.3 is 4.90 Å². The summed E-state index contributed by atoms with van der Waals surface area (Å²) in [7, 11) is 0. The molecule has 4 nitrogen and oxygen atoms in total. The summed E-state index contributed by atoms with van der Waals surface area (Å²) in [5, 5.41) is 0. The molecular formula is C24H27N3O. The van der Waals surface area contributed by atoms with Crippen LogP contribution in [0.3, 0.4) is 0 Å². The van der Waals surface area contributed by atoms with Crippen molar-refractivity contribution in [2.24, 2.45) is 5.92 Å². The number of carbonyl (C=O) groups excluding carboxylic acids is 1. The fourth-order valence-corrected chi connectivity index (χ4v) is 3.73. The van der Waals surface area contributed by atoms with Crippen molar-refractivity contribution in [3.63, 3.8) is 0 Å². The zero-order valence-electron chi connectivity index (χ0n) is 16.9. The first-order chi connectivity index (χ1) is 13.5. The van der Waals surface area contributed by atoms with Crippen molar-refractivity contribution in [1.29, 1.82) is 0 Å². The van der Waals surface area contributed by atoms with Crippen molar-refractivity contribution in [2.45, 2.75) is 33.6 Å². The highest BCUT2D eigenvalue weighted by Crippen LogP contribution is 2.26. The zero-order valence-corrected chi connectivity index (χ0v) is 16.9. The van der Waals surface area contributed by atoms with E-state index in [2.05, 4.69) is 61.6 Å². The minimum absolute atomic E-state index is 0.0869. The molecule has 1 aliphatic heterocycles. The molecule has 0 saturated carbocycles. The SMILES string of the molecule is Cc1ccc(-c2nc3cc(C)ccn3c2/C=C/C(=O)N2CCC(C)CC2)cc1. The van der Waals surface area contributed by atoms with E-state index in [4.69, 9.17) is 4.98 Å². The molecule has 0 atom stereocenters. The molecule has 0 spiro atoms. The lowest BCUT2D eigenvalue weighted by molar-refractivity contribution is -0.127. The second kappa shape index (κ2) is 7.63. The van der Waals surface area contributed by atoms with Gasteiger partial charge in [-0.05, 0) is 56.4 Å². The van der Waals surface area contributed by atoms with E-state index in [1.807, 2.05) is 17.2 Å². The highest BCUT2D eigenvalue weighted by molar-refractivity contribution is 5.93. The Bertz CT molecular complexity index is 1020. The third kappa shape index (κ3) is 3.72. The van der Waals surface area contributed by atoms with Crippen LogP contribution in [0.5, 0.6) is 0 Å². The Hall–Kier alpha value is -2.88. The minimum Gasteiger partial charge on any atom is -0.339 e. The molecule has 1 aromatic carbocycles. The molecule has 0 bridgehead atoms. The number of fused-ring (bicyclic) bond motifs is 1. The van der Waals surface area contributed by atoms with Gasteiger partial charge in [-0.1, -0.05) is 36.8 Å². The van der Waals surface area contributed by atoms with Crippen molar-refractivity contribution in [1.82, 2.24) is 14.3 Å². The van der Waals surface area contributed by atoms with Crippen molar-refractivity contribution in [3.05, 3.63) is 65.5 Å². The molecule has 0 radical (unpaired) electrons. The standard InChI is InChI=1S/C24H27N3O/c1-17-4-6-20(7-5-17)24-21(27-15-12-19(3)16-22(27)25-24)8-9-23(28)26-13-10-18(2)11-14-26/h4-9,12,15-16,18H,10-11,13-14H2,1-3H3/b9-8+. The number of pyridine rings is 1. The van der Waals surface area contributed by atoms with E-state index >= 15 is 0 Å². The van der Waals surface area contributed by atoms with Crippen LogP contribution in [0.15, 0.2) is 48.7 Å². The number of amides is 1. The van der Waals surface area contributed by atoms with Gasteiger partial charge in [0.15, 0.2) is 0 Å². The Morgan fingerprint density at radius 3 is 2.50 bits per heavy atom. The molecule has 144 valence electrons. The van der Waals surface area contributed by atoms with Gasteiger partial charge in [-0.2, -0.15) is 0 Å². The van der Waals surface area contributed by atoms with Gasteiger partial charge in [-0.25, -0.2) is 4.98 Å². The lowest BCUT2D eigenvalue weighted by Crippen LogP contribution is -2.36. The Labute approximate surface area is 166 Å². The molecule has 2 aromatic heterocycles. The fourth-order valence-electron chi connectivity index (χ4n) is 3.73. The van der Waals surface area contributed by atoms with Crippen molar-refractivity contribution < 1.29 is 4.79 Å². The maximum Gasteiger partial charge on any atom is 0.246 e. The Morgan fingerprint density at radius 1 is 1.07 bits per heavy atom. The normalized spacial score (nSPS) is 15.6. The van der Waals surface area contributed by atoms with E-state index in [0.717, 1.165) is 48.5 Å². The van der Waals surface area contributed by atoms with Crippen molar-refractivity contribution in [2.75, 3.05) is 13.1 Å². The number of aromatic nitrogens is 2. The van der Waals surface area contributed by atoms with Gasteiger partial charge in [0.05, 0.1) is 11.4 Å². The van der Waals surface area contributed by atoms with E-state index in [9.17, 15) is 4.79 Å². The summed E-state index contributed by atoms with van der Waals surface area (Å²) in [5.41, 5.74) is 6.19. The molecule has 28 heavy (non-hydrogen) atoms. The van der Waals surface area contributed by atoms with Gasteiger partial charge in [-0.3, -0.25) is 9.20 Å². The summed E-state index contributed by atoms with van der Waals surface area (Å²) in [6.07, 6.45) is 7.83. The van der Waals surface area contributed by atoms with E-state index in [0.29, 0.717) is 5.92 Å². The summed E-state index contributed by atoms with van der Waals surface area (Å²) < 4.78 is 2.06. The Morgan fingerprint density at radius 2 is 1.79 bits per heavy atom. The predicted molar refractivity (Wildman–Crippen MR) is 114 cm³/mol. The van der Waals surface area contributed by atoms with Gasteiger partial charge in [0.2, 0.25) is 5.91 Å². The van der Waals surface area contributed by atoms with Crippen LogP contribution in [-0.4, -0.2) is 33.3 Å². The third-order valence-electron chi connectivity index (χ3n) is 5.62. The number of piperidine rings is 1. The molecule has 3 heterocycles. The number of aryl methyl sites for hydroxylation is 2.